The fraction of sp³-hybridized carbons (Fsp3) is 0.929. The normalized spacial score (nSPS) is 32.7. The summed E-state index contributed by atoms with van der Waals surface area (Å²) in [4.78, 5) is 13.9. The quantitative estimate of drug-likeness (QED) is 0.683. The molecular weight excluding hydrogens is 320 g/mol. The molecule has 1 unspecified atom stereocenters. The lowest BCUT2D eigenvalue weighted by Crippen LogP contribution is -2.64. The first-order chi connectivity index (χ1) is 10.9. The molecule has 0 aromatic heterocycles. The number of morpholine rings is 1. The Labute approximate surface area is 137 Å². The number of likely N-dealkylation sites (N-methyl/N-ethyl adjacent to an activating group) is 1. The van der Waals surface area contributed by atoms with Gasteiger partial charge in [0, 0.05) is 51.2 Å². The van der Waals surface area contributed by atoms with Crippen LogP contribution in [0.1, 0.15) is 19.3 Å². The lowest BCUT2D eigenvalue weighted by molar-refractivity contribution is -0.121. The second-order valence-corrected chi connectivity index (χ2v) is 8.53. The van der Waals surface area contributed by atoms with Crippen molar-refractivity contribution in [3.05, 3.63) is 0 Å². The molecule has 3 fully saturated rings. The maximum Gasteiger partial charge on any atom is 0.282 e. The van der Waals surface area contributed by atoms with Gasteiger partial charge in [0.1, 0.15) is 0 Å². The van der Waals surface area contributed by atoms with E-state index in [-0.39, 0.29) is 11.4 Å². The van der Waals surface area contributed by atoms with E-state index >= 15 is 0 Å². The lowest BCUT2D eigenvalue weighted by Gasteiger charge is -2.49. The van der Waals surface area contributed by atoms with Gasteiger partial charge in [0.15, 0.2) is 0 Å². The van der Waals surface area contributed by atoms with Crippen LogP contribution >= 0.6 is 0 Å². The van der Waals surface area contributed by atoms with E-state index in [1.807, 2.05) is 7.05 Å². The van der Waals surface area contributed by atoms with Crippen LogP contribution in [0, 0.1) is 0 Å². The number of hydrogen-bond donors (Lipinski definition) is 1. The van der Waals surface area contributed by atoms with Gasteiger partial charge >= 0.3 is 0 Å². The molecule has 0 aromatic carbocycles. The summed E-state index contributed by atoms with van der Waals surface area (Å²) in [6, 6.07) is 0. The van der Waals surface area contributed by atoms with Crippen molar-refractivity contribution in [2.45, 2.75) is 24.8 Å². The van der Waals surface area contributed by atoms with Gasteiger partial charge in [-0.3, -0.25) is 9.69 Å². The summed E-state index contributed by atoms with van der Waals surface area (Å²) < 4.78 is 34.2. The van der Waals surface area contributed by atoms with Gasteiger partial charge < -0.3 is 10.1 Å². The number of ether oxygens (including phenoxy) is 1. The van der Waals surface area contributed by atoms with E-state index < -0.39 is 10.2 Å². The second kappa shape index (κ2) is 6.64. The van der Waals surface area contributed by atoms with E-state index in [0.29, 0.717) is 65.3 Å². The van der Waals surface area contributed by atoms with Crippen molar-refractivity contribution in [2.75, 3.05) is 59.5 Å². The molecule has 0 radical (unpaired) electrons. The van der Waals surface area contributed by atoms with Crippen molar-refractivity contribution in [3.63, 3.8) is 0 Å². The maximum atomic E-state index is 12.9. The van der Waals surface area contributed by atoms with Gasteiger partial charge in [0.05, 0.1) is 13.2 Å². The van der Waals surface area contributed by atoms with Gasteiger partial charge in [0.2, 0.25) is 5.91 Å². The summed E-state index contributed by atoms with van der Waals surface area (Å²) in [5, 5.41) is 2.89. The average molecular weight is 346 g/mol. The third-order valence-corrected chi connectivity index (χ3v) is 7.30. The predicted octanol–water partition coefficient (Wildman–Crippen LogP) is -1.15. The summed E-state index contributed by atoms with van der Waals surface area (Å²) in [6.45, 7) is 4.00. The Balaban J connectivity index is 1.78. The Hall–Kier alpha value is -0.740. The van der Waals surface area contributed by atoms with Crippen LogP contribution in [-0.2, 0) is 19.7 Å². The monoisotopic (exact) mass is 346 g/mol. The molecule has 1 atom stereocenters. The van der Waals surface area contributed by atoms with Crippen molar-refractivity contribution in [3.8, 4) is 0 Å². The van der Waals surface area contributed by atoms with Crippen LogP contribution in [0.15, 0.2) is 0 Å². The molecular formula is C14H26N4O4S. The van der Waals surface area contributed by atoms with Gasteiger partial charge in [-0.2, -0.15) is 17.0 Å². The largest absolute Gasteiger partial charge is 0.379 e. The maximum absolute atomic E-state index is 12.9. The number of carbonyl (C=O) groups excluding carboxylic acids is 1. The zero-order chi connectivity index (χ0) is 16.5. The predicted molar refractivity (Wildman–Crippen MR) is 85.1 cm³/mol. The van der Waals surface area contributed by atoms with Crippen LogP contribution in [0.5, 0.6) is 0 Å². The van der Waals surface area contributed by atoms with Crippen LogP contribution in [0.25, 0.3) is 0 Å². The Morgan fingerprint density at radius 2 is 1.83 bits per heavy atom. The number of carbonyl (C=O) groups is 1. The van der Waals surface area contributed by atoms with Crippen molar-refractivity contribution >= 4 is 16.1 Å². The molecule has 3 aliphatic rings. The zero-order valence-electron chi connectivity index (χ0n) is 13.7. The molecule has 3 rings (SSSR count). The third-order valence-electron chi connectivity index (χ3n) is 5.32. The number of nitrogens with zero attached hydrogens (tertiary/aromatic N) is 3. The molecule has 0 saturated carbocycles. The number of nitrogens with one attached hydrogen (secondary N) is 1. The van der Waals surface area contributed by atoms with E-state index in [0.717, 1.165) is 6.42 Å². The van der Waals surface area contributed by atoms with Crippen LogP contribution in [0.2, 0.25) is 0 Å². The van der Waals surface area contributed by atoms with E-state index in [2.05, 4.69) is 10.2 Å². The molecule has 1 amide bonds. The summed E-state index contributed by atoms with van der Waals surface area (Å²) in [7, 11) is -1.42. The number of piperazine rings is 1. The Morgan fingerprint density at radius 3 is 2.57 bits per heavy atom. The molecule has 23 heavy (non-hydrogen) atoms. The molecule has 3 aliphatic heterocycles. The first-order valence-corrected chi connectivity index (χ1v) is 9.65. The molecule has 9 heteroatoms. The van der Waals surface area contributed by atoms with Crippen molar-refractivity contribution < 1.29 is 17.9 Å². The third kappa shape index (κ3) is 3.39. The molecule has 3 heterocycles. The fourth-order valence-corrected chi connectivity index (χ4v) is 5.35. The topological polar surface area (TPSA) is 82.2 Å². The smallest absolute Gasteiger partial charge is 0.282 e. The highest BCUT2D eigenvalue weighted by atomic mass is 32.2. The summed E-state index contributed by atoms with van der Waals surface area (Å²) in [6.07, 6.45) is 1.94. The lowest BCUT2D eigenvalue weighted by atomic mass is 9.87. The molecule has 132 valence electrons. The molecule has 8 nitrogen and oxygen atoms in total. The highest BCUT2D eigenvalue weighted by molar-refractivity contribution is 7.86. The molecule has 0 aliphatic carbocycles. The number of hydrogen-bond acceptors (Lipinski definition) is 5. The highest BCUT2D eigenvalue weighted by Gasteiger charge is 2.45. The van der Waals surface area contributed by atoms with E-state index in [1.54, 1.807) is 4.31 Å². The summed E-state index contributed by atoms with van der Waals surface area (Å²) in [5.74, 6) is 0.0587. The number of amides is 1. The standard InChI is InChI=1S/C14H26N4O4S/c1-16-6-7-18(23(20,21)17-8-10-22-11-9-17)12-14(16)3-2-13(19)15-5-4-14/h2-12H2,1H3,(H,15,19). The Bertz CT molecular complexity index is 549. The van der Waals surface area contributed by atoms with Gasteiger partial charge in [-0.1, -0.05) is 0 Å². The van der Waals surface area contributed by atoms with Gasteiger partial charge in [-0.25, -0.2) is 0 Å². The summed E-state index contributed by atoms with van der Waals surface area (Å²) in [5.41, 5.74) is -0.253. The molecule has 3 saturated heterocycles. The van der Waals surface area contributed by atoms with E-state index in [1.165, 1.54) is 4.31 Å². The fourth-order valence-electron chi connectivity index (χ4n) is 3.70. The Morgan fingerprint density at radius 1 is 1.09 bits per heavy atom. The van der Waals surface area contributed by atoms with Gasteiger partial charge in [-0.05, 0) is 19.9 Å². The Kier molecular flexibility index (Phi) is 4.93. The molecule has 0 aromatic rings. The van der Waals surface area contributed by atoms with Crippen LogP contribution < -0.4 is 5.32 Å². The minimum Gasteiger partial charge on any atom is -0.379 e. The minimum atomic E-state index is -3.45. The van der Waals surface area contributed by atoms with Gasteiger partial charge in [-0.15, -0.1) is 0 Å². The summed E-state index contributed by atoms with van der Waals surface area (Å²) >= 11 is 0. The van der Waals surface area contributed by atoms with Crippen LogP contribution in [0.3, 0.4) is 0 Å². The zero-order valence-corrected chi connectivity index (χ0v) is 14.5. The number of rotatable bonds is 2. The van der Waals surface area contributed by atoms with E-state index in [9.17, 15) is 13.2 Å². The van der Waals surface area contributed by atoms with Crippen LogP contribution in [0.4, 0.5) is 0 Å². The second-order valence-electron chi connectivity index (χ2n) is 6.60. The molecule has 1 N–H and O–H groups in total. The first kappa shape index (κ1) is 17.1. The average Bonchev–Trinajstić information content (AvgIpc) is 2.74. The first-order valence-electron chi connectivity index (χ1n) is 8.25. The highest BCUT2D eigenvalue weighted by Crippen LogP contribution is 2.32. The van der Waals surface area contributed by atoms with E-state index in [4.69, 9.17) is 4.74 Å². The van der Waals surface area contributed by atoms with Crippen molar-refractivity contribution in [1.82, 2.24) is 18.8 Å². The SMILES string of the molecule is CN1CCN(S(=O)(=O)N2CCOCC2)CC12CCNC(=O)CC2. The molecule has 1 spiro atoms. The van der Waals surface area contributed by atoms with Crippen molar-refractivity contribution in [2.24, 2.45) is 0 Å². The molecule has 0 bridgehead atoms. The van der Waals surface area contributed by atoms with Crippen molar-refractivity contribution in [1.29, 1.82) is 0 Å². The van der Waals surface area contributed by atoms with Crippen LogP contribution in [-0.4, -0.2) is 92.9 Å². The minimum absolute atomic E-state index is 0.0587. The van der Waals surface area contributed by atoms with Gasteiger partial charge in [0.25, 0.3) is 10.2 Å².